The number of thioether (sulfide) groups is 1. The third-order valence-corrected chi connectivity index (χ3v) is 6.36. The average Bonchev–Trinajstić information content (AvgIpc) is 3.36. The number of nitrogens with zero attached hydrogens (tertiary/aromatic N) is 1. The number of carbonyl (C=O) groups is 2. The summed E-state index contributed by atoms with van der Waals surface area (Å²) in [5.41, 5.74) is 2.52. The summed E-state index contributed by atoms with van der Waals surface area (Å²) in [6.45, 7) is 1.99. The Hall–Kier alpha value is -2.81. The third-order valence-electron chi connectivity index (χ3n) is 4.20. The summed E-state index contributed by atoms with van der Waals surface area (Å²) < 4.78 is 10.8. The van der Waals surface area contributed by atoms with E-state index in [0.29, 0.717) is 31.9 Å². The molecule has 1 amide bonds. The van der Waals surface area contributed by atoms with Crippen LogP contribution in [0.15, 0.2) is 64.2 Å². The second-order valence-electron chi connectivity index (χ2n) is 6.37. The van der Waals surface area contributed by atoms with E-state index < -0.39 is 5.97 Å². The van der Waals surface area contributed by atoms with Gasteiger partial charge in [0.05, 0.1) is 17.9 Å². The van der Waals surface area contributed by atoms with Gasteiger partial charge in [-0.25, -0.2) is 9.78 Å². The number of amides is 1. The molecule has 0 aliphatic heterocycles. The number of nitrogens with one attached hydrogen (secondary N) is 1. The van der Waals surface area contributed by atoms with Gasteiger partial charge in [-0.2, -0.15) is 0 Å². The van der Waals surface area contributed by atoms with Gasteiger partial charge in [-0.1, -0.05) is 53.7 Å². The fourth-order valence-electron chi connectivity index (χ4n) is 2.82. The first-order chi connectivity index (χ1) is 15.0. The molecule has 0 spiro atoms. The second kappa shape index (κ2) is 9.55. The number of rotatable bonds is 7. The predicted molar refractivity (Wildman–Crippen MR) is 124 cm³/mol. The minimum atomic E-state index is -0.472. The number of fused-ring (bicyclic) bond motifs is 1. The molecular weight excluding hydrogens is 456 g/mol. The van der Waals surface area contributed by atoms with E-state index >= 15 is 0 Å². The van der Waals surface area contributed by atoms with Gasteiger partial charge in [0.25, 0.3) is 5.22 Å². The van der Waals surface area contributed by atoms with Crippen LogP contribution in [-0.2, 0) is 9.53 Å². The maximum Gasteiger partial charge on any atom is 0.341 e. The maximum absolute atomic E-state index is 12.6. The molecule has 4 aromatic rings. The first-order valence-electron chi connectivity index (χ1n) is 9.38. The van der Waals surface area contributed by atoms with Crippen molar-refractivity contribution in [2.45, 2.75) is 12.1 Å². The topological polar surface area (TPSA) is 81.4 Å². The molecule has 2 aromatic heterocycles. The van der Waals surface area contributed by atoms with E-state index in [1.54, 1.807) is 31.2 Å². The van der Waals surface area contributed by atoms with Gasteiger partial charge in [0.1, 0.15) is 10.5 Å². The zero-order valence-electron chi connectivity index (χ0n) is 16.4. The molecule has 0 unspecified atom stereocenters. The number of ether oxygens (including phenoxy) is 1. The highest BCUT2D eigenvalue weighted by molar-refractivity contribution is 7.99. The van der Waals surface area contributed by atoms with Crippen molar-refractivity contribution >= 4 is 62.7 Å². The van der Waals surface area contributed by atoms with Crippen LogP contribution in [0, 0.1) is 0 Å². The summed E-state index contributed by atoms with van der Waals surface area (Å²) in [6, 6.07) is 16.6. The molecule has 1 N–H and O–H groups in total. The van der Waals surface area contributed by atoms with E-state index in [2.05, 4.69) is 10.3 Å². The van der Waals surface area contributed by atoms with Crippen molar-refractivity contribution in [2.24, 2.45) is 0 Å². The van der Waals surface area contributed by atoms with Crippen molar-refractivity contribution in [2.75, 3.05) is 17.7 Å². The molecule has 9 heteroatoms. The lowest BCUT2D eigenvalue weighted by Gasteiger charge is -2.05. The molecule has 0 aliphatic rings. The molecule has 2 aromatic carbocycles. The van der Waals surface area contributed by atoms with Crippen LogP contribution in [0.4, 0.5) is 5.00 Å². The number of hydrogen-bond acceptors (Lipinski definition) is 7. The molecule has 0 bridgehead atoms. The van der Waals surface area contributed by atoms with Crippen LogP contribution in [0.5, 0.6) is 0 Å². The Labute approximate surface area is 191 Å². The van der Waals surface area contributed by atoms with Crippen molar-refractivity contribution < 1.29 is 18.7 Å². The van der Waals surface area contributed by atoms with E-state index in [0.717, 1.165) is 22.2 Å². The van der Waals surface area contributed by atoms with Crippen LogP contribution in [0.25, 0.3) is 21.5 Å². The fourth-order valence-corrected chi connectivity index (χ4v) is 4.69. The number of halogens is 1. The highest BCUT2D eigenvalue weighted by Crippen LogP contribution is 2.36. The monoisotopic (exact) mass is 472 g/mol. The van der Waals surface area contributed by atoms with Crippen molar-refractivity contribution in [3.05, 3.63) is 65.2 Å². The maximum atomic E-state index is 12.6. The van der Waals surface area contributed by atoms with Crippen LogP contribution < -0.4 is 5.32 Å². The summed E-state index contributed by atoms with van der Waals surface area (Å²) in [5, 5.41) is 4.19. The number of hydrogen-bond donors (Lipinski definition) is 1. The Morgan fingerprint density at radius 1 is 1.19 bits per heavy atom. The third kappa shape index (κ3) is 5.10. The highest BCUT2D eigenvalue weighted by atomic mass is 35.5. The number of benzene rings is 2. The Kier molecular flexibility index (Phi) is 6.60. The Balaban J connectivity index is 1.49. The Bertz CT molecular complexity index is 1240. The Morgan fingerprint density at radius 3 is 2.77 bits per heavy atom. The van der Waals surface area contributed by atoms with Gasteiger partial charge in [-0.05, 0) is 30.7 Å². The molecule has 31 heavy (non-hydrogen) atoms. The molecule has 0 saturated carbocycles. The van der Waals surface area contributed by atoms with Gasteiger partial charge in [0, 0.05) is 16.0 Å². The van der Waals surface area contributed by atoms with E-state index in [4.69, 9.17) is 20.8 Å². The molecule has 4 rings (SSSR count). The smallest absolute Gasteiger partial charge is 0.341 e. The second-order valence-corrected chi connectivity index (χ2v) is 8.78. The van der Waals surface area contributed by atoms with Crippen LogP contribution >= 0.6 is 34.7 Å². The summed E-state index contributed by atoms with van der Waals surface area (Å²) in [7, 11) is 0. The minimum Gasteiger partial charge on any atom is -0.462 e. The van der Waals surface area contributed by atoms with Gasteiger partial charge >= 0.3 is 5.97 Å². The number of aromatic nitrogens is 1. The van der Waals surface area contributed by atoms with Crippen LogP contribution in [0.1, 0.15) is 17.3 Å². The predicted octanol–water partition coefficient (Wildman–Crippen LogP) is 6.12. The summed E-state index contributed by atoms with van der Waals surface area (Å²) in [6.07, 6.45) is 0. The standard InChI is InChI=1S/C22H17ClN2O4S2/c1-2-28-21(27)15-11-18(13-6-4-3-5-7-13)31-20(15)25-19(26)12-30-22-24-16-9-8-14(23)10-17(16)29-22/h3-11H,2,12H2,1H3,(H,25,26). The van der Waals surface area contributed by atoms with E-state index in [-0.39, 0.29) is 18.3 Å². The lowest BCUT2D eigenvalue weighted by atomic mass is 10.1. The number of esters is 1. The quantitative estimate of drug-likeness (QED) is 0.258. The van der Waals surface area contributed by atoms with Crippen LogP contribution in [0.2, 0.25) is 5.02 Å². The van der Waals surface area contributed by atoms with Crippen molar-refractivity contribution in [3.8, 4) is 10.4 Å². The number of oxazole rings is 1. The van der Waals surface area contributed by atoms with Gasteiger partial charge in [-0.15, -0.1) is 11.3 Å². The van der Waals surface area contributed by atoms with E-state index in [1.807, 2.05) is 30.3 Å². The van der Waals surface area contributed by atoms with Gasteiger partial charge < -0.3 is 14.5 Å². The van der Waals surface area contributed by atoms with Gasteiger partial charge in [-0.3, -0.25) is 4.79 Å². The van der Waals surface area contributed by atoms with Crippen molar-refractivity contribution in [1.82, 2.24) is 4.98 Å². The molecule has 0 fully saturated rings. The Morgan fingerprint density at radius 2 is 2.00 bits per heavy atom. The van der Waals surface area contributed by atoms with Gasteiger partial charge in [0.2, 0.25) is 5.91 Å². The molecule has 0 saturated heterocycles. The normalized spacial score (nSPS) is 10.9. The number of carbonyl (C=O) groups excluding carboxylic acids is 2. The molecule has 0 aliphatic carbocycles. The molecular formula is C22H17ClN2O4S2. The van der Waals surface area contributed by atoms with Crippen molar-refractivity contribution in [3.63, 3.8) is 0 Å². The van der Waals surface area contributed by atoms with E-state index in [9.17, 15) is 9.59 Å². The zero-order valence-corrected chi connectivity index (χ0v) is 18.8. The molecule has 6 nitrogen and oxygen atoms in total. The lowest BCUT2D eigenvalue weighted by Crippen LogP contribution is -2.15. The SMILES string of the molecule is CCOC(=O)c1cc(-c2ccccc2)sc1NC(=O)CSc1nc2ccc(Cl)cc2o1. The molecule has 0 atom stereocenters. The number of thiophene rings is 1. The van der Waals surface area contributed by atoms with Gasteiger partial charge in [0.15, 0.2) is 5.58 Å². The molecule has 158 valence electrons. The molecule has 0 radical (unpaired) electrons. The van der Waals surface area contributed by atoms with E-state index in [1.165, 1.54) is 11.3 Å². The molecule has 2 heterocycles. The largest absolute Gasteiger partial charge is 0.462 e. The zero-order chi connectivity index (χ0) is 21.8. The average molecular weight is 473 g/mol. The first kappa shape index (κ1) is 21.4. The first-order valence-corrected chi connectivity index (χ1v) is 11.6. The fraction of sp³-hybridized carbons (Fsp3) is 0.136. The summed E-state index contributed by atoms with van der Waals surface area (Å²) in [5.74, 6) is -0.682. The van der Waals surface area contributed by atoms with Crippen molar-refractivity contribution in [1.29, 1.82) is 0 Å². The summed E-state index contributed by atoms with van der Waals surface area (Å²) in [4.78, 5) is 30.2. The van der Waals surface area contributed by atoms with Crippen LogP contribution in [-0.4, -0.2) is 29.2 Å². The lowest BCUT2D eigenvalue weighted by molar-refractivity contribution is -0.113. The summed E-state index contributed by atoms with van der Waals surface area (Å²) >= 11 is 8.45. The minimum absolute atomic E-state index is 0.0708. The van der Waals surface area contributed by atoms with Crippen LogP contribution in [0.3, 0.4) is 0 Å². The number of anilines is 1. The highest BCUT2D eigenvalue weighted by Gasteiger charge is 2.20.